The van der Waals surface area contributed by atoms with E-state index in [2.05, 4.69) is 5.10 Å². The molecule has 0 unspecified atom stereocenters. The summed E-state index contributed by atoms with van der Waals surface area (Å²) in [4.78, 5) is 0. The fourth-order valence-corrected chi connectivity index (χ4v) is 1.44. The van der Waals surface area contributed by atoms with Crippen molar-refractivity contribution in [3.8, 4) is 11.3 Å². The molecular formula is C10H11ClN4. The third-order valence-electron chi connectivity index (χ3n) is 2.21. The van der Waals surface area contributed by atoms with Gasteiger partial charge in [0.05, 0.1) is 16.4 Å². The number of benzene rings is 1. The molecule has 15 heavy (non-hydrogen) atoms. The lowest BCUT2D eigenvalue weighted by Crippen LogP contribution is -1.96. The van der Waals surface area contributed by atoms with E-state index in [4.69, 9.17) is 23.1 Å². The highest BCUT2D eigenvalue weighted by atomic mass is 35.5. The number of anilines is 2. The number of aryl methyl sites for hydroxylation is 1. The van der Waals surface area contributed by atoms with Crippen molar-refractivity contribution < 1.29 is 0 Å². The lowest BCUT2D eigenvalue weighted by Gasteiger charge is -2.00. The molecule has 0 aliphatic carbocycles. The Morgan fingerprint density at radius 3 is 2.53 bits per heavy atom. The first kappa shape index (κ1) is 9.86. The number of nitrogen functional groups attached to an aromatic ring is 2. The Kier molecular flexibility index (Phi) is 2.28. The Hall–Kier alpha value is -1.68. The molecule has 0 saturated heterocycles. The van der Waals surface area contributed by atoms with Gasteiger partial charge in [0.15, 0.2) is 0 Å². The number of nitrogens with two attached hydrogens (primary N) is 2. The summed E-state index contributed by atoms with van der Waals surface area (Å²) in [5, 5.41) is 4.79. The van der Waals surface area contributed by atoms with Crippen LogP contribution in [0.15, 0.2) is 24.3 Å². The van der Waals surface area contributed by atoms with Crippen LogP contribution in [0.2, 0.25) is 5.02 Å². The van der Waals surface area contributed by atoms with Gasteiger partial charge in [-0.25, -0.2) is 0 Å². The second kappa shape index (κ2) is 3.47. The summed E-state index contributed by atoms with van der Waals surface area (Å²) in [5.41, 5.74) is 13.6. The smallest absolute Gasteiger partial charge is 0.121 e. The van der Waals surface area contributed by atoms with Crippen molar-refractivity contribution in [3.63, 3.8) is 0 Å². The molecule has 78 valence electrons. The van der Waals surface area contributed by atoms with Gasteiger partial charge in [-0.05, 0) is 12.1 Å². The third-order valence-corrected chi connectivity index (χ3v) is 2.55. The van der Waals surface area contributed by atoms with Crippen LogP contribution in [-0.4, -0.2) is 9.78 Å². The summed E-state index contributed by atoms with van der Waals surface area (Å²) >= 11 is 5.83. The minimum atomic E-state index is 0.540. The first-order valence-electron chi connectivity index (χ1n) is 4.43. The number of halogens is 1. The van der Waals surface area contributed by atoms with Gasteiger partial charge in [0.2, 0.25) is 0 Å². The molecule has 0 bridgehead atoms. The Bertz CT molecular complexity index is 485. The molecule has 0 atom stereocenters. The SMILES string of the molecule is Cn1nc(-c2ccc(Cl)c(N)c2)cc1N. The maximum absolute atomic E-state index is 5.83. The Morgan fingerprint density at radius 1 is 1.27 bits per heavy atom. The van der Waals surface area contributed by atoms with Gasteiger partial charge in [0.1, 0.15) is 5.82 Å². The topological polar surface area (TPSA) is 69.9 Å². The fraction of sp³-hybridized carbons (Fsp3) is 0.100. The zero-order valence-electron chi connectivity index (χ0n) is 8.24. The molecule has 1 aromatic heterocycles. The minimum absolute atomic E-state index is 0.540. The molecule has 0 spiro atoms. The minimum Gasteiger partial charge on any atom is -0.398 e. The molecule has 0 saturated carbocycles. The summed E-state index contributed by atoms with van der Waals surface area (Å²) in [5.74, 6) is 0.610. The molecule has 0 fully saturated rings. The van der Waals surface area contributed by atoms with E-state index in [-0.39, 0.29) is 0 Å². The van der Waals surface area contributed by atoms with Gasteiger partial charge in [0, 0.05) is 18.7 Å². The van der Waals surface area contributed by atoms with Crippen LogP contribution >= 0.6 is 11.6 Å². The van der Waals surface area contributed by atoms with E-state index < -0.39 is 0 Å². The number of hydrogen-bond donors (Lipinski definition) is 2. The van der Waals surface area contributed by atoms with Crippen LogP contribution in [0.5, 0.6) is 0 Å². The molecule has 2 rings (SSSR count). The van der Waals surface area contributed by atoms with Gasteiger partial charge < -0.3 is 11.5 Å². The van der Waals surface area contributed by atoms with Gasteiger partial charge in [-0.15, -0.1) is 0 Å². The van der Waals surface area contributed by atoms with Gasteiger partial charge in [-0.1, -0.05) is 17.7 Å². The average Bonchev–Trinajstić information content (AvgIpc) is 2.52. The van der Waals surface area contributed by atoms with E-state index in [0.29, 0.717) is 16.5 Å². The summed E-state index contributed by atoms with van der Waals surface area (Å²) in [6, 6.07) is 7.18. The van der Waals surface area contributed by atoms with Crippen LogP contribution in [0.4, 0.5) is 11.5 Å². The van der Waals surface area contributed by atoms with Gasteiger partial charge in [-0.2, -0.15) is 5.10 Å². The fourth-order valence-electron chi connectivity index (χ4n) is 1.33. The van der Waals surface area contributed by atoms with Crippen molar-refractivity contribution >= 4 is 23.1 Å². The van der Waals surface area contributed by atoms with Crippen molar-refractivity contribution in [1.82, 2.24) is 9.78 Å². The van der Waals surface area contributed by atoms with Crippen molar-refractivity contribution in [2.24, 2.45) is 7.05 Å². The summed E-state index contributed by atoms with van der Waals surface area (Å²) < 4.78 is 1.61. The molecule has 5 heteroatoms. The van der Waals surface area contributed by atoms with Crippen molar-refractivity contribution in [2.45, 2.75) is 0 Å². The maximum atomic E-state index is 5.83. The molecular weight excluding hydrogens is 212 g/mol. The van der Waals surface area contributed by atoms with E-state index in [1.165, 1.54) is 0 Å². The monoisotopic (exact) mass is 222 g/mol. The molecule has 0 radical (unpaired) electrons. The van der Waals surface area contributed by atoms with Crippen LogP contribution < -0.4 is 11.5 Å². The van der Waals surface area contributed by atoms with Crippen LogP contribution in [-0.2, 0) is 7.05 Å². The van der Waals surface area contributed by atoms with E-state index in [9.17, 15) is 0 Å². The molecule has 1 heterocycles. The highest BCUT2D eigenvalue weighted by Crippen LogP contribution is 2.26. The highest BCUT2D eigenvalue weighted by molar-refractivity contribution is 6.33. The van der Waals surface area contributed by atoms with Crippen LogP contribution in [0.25, 0.3) is 11.3 Å². The lowest BCUT2D eigenvalue weighted by atomic mass is 10.1. The molecule has 2 aromatic rings. The largest absolute Gasteiger partial charge is 0.398 e. The molecule has 1 aromatic carbocycles. The summed E-state index contributed by atoms with van der Waals surface area (Å²) in [6.45, 7) is 0. The molecule has 0 amide bonds. The van der Waals surface area contributed by atoms with Gasteiger partial charge in [-0.3, -0.25) is 4.68 Å². The maximum Gasteiger partial charge on any atom is 0.121 e. The number of aromatic nitrogens is 2. The van der Waals surface area contributed by atoms with E-state index in [0.717, 1.165) is 11.3 Å². The van der Waals surface area contributed by atoms with Crippen molar-refractivity contribution in [1.29, 1.82) is 0 Å². The molecule has 0 aliphatic heterocycles. The summed E-state index contributed by atoms with van der Waals surface area (Å²) in [7, 11) is 1.79. The second-order valence-electron chi connectivity index (χ2n) is 3.31. The van der Waals surface area contributed by atoms with Crippen LogP contribution in [0, 0.1) is 0 Å². The standard InChI is InChI=1S/C10H11ClN4/c1-15-10(13)5-9(14-15)6-2-3-7(11)8(12)4-6/h2-5H,12-13H2,1H3. The third kappa shape index (κ3) is 1.76. The zero-order chi connectivity index (χ0) is 11.0. The quantitative estimate of drug-likeness (QED) is 0.724. The van der Waals surface area contributed by atoms with Crippen LogP contribution in [0.1, 0.15) is 0 Å². The van der Waals surface area contributed by atoms with Gasteiger partial charge >= 0.3 is 0 Å². The predicted molar refractivity (Wildman–Crippen MR) is 62.5 cm³/mol. The molecule has 4 nitrogen and oxygen atoms in total. The van der Waals surface area contributed by atoms with Gasteiger partial charge in [0.25, 0.3) is 0 Å². The summed E-state index contributed by atoms with van der Waals surface area (Å²) in [6.07, 6.45) is 0. The zero-order valence-corrected chi connectivity index (χ0v) is 8.99. The Balaban J connectivity index is 2.49. The van der Waals surface area contributed by atoms with E-state index >= 15 is 0 Å². The number of hydrogen-bond acceptors (Lipinski definition) is 3. The van der Waals surface area contributed by atoms with Crippen LogP contribution in [0.3, 0.4) is 0 Å². The normalized spacial score (nSPS) is 10.5. The van der Waals surface area contributed by atoms with Crippen molar-refractivity contribution in [2.75, 3.05) is 11.5 Å². The molecule has 4 N–H and O–H groups in total. The Morgan fingerprint density at radius 2 is 2.00 bits per heavy atom. The van der Waals surface area contributed by atoms with E-state index in [1.54, 1.807) is 29.9 Å². The lowest BCUT2D eigenvalue weighted by molar-refractivity contribution is 0.782. The molecule has 0 aliphatic rings. The second-order valence-corrected chi connectivity index (χ2v) is 3.72. The van der Waals surface area contributed by atoms with E-state index in [1.807, 2.05) is 6.07 Å². The average molecular weight is 223 g/mol. The predicted octanol–water partition coefficient (Wildman–Crippen LogP) is 1.90. The number of nitrogens with zero attached hydrogens (tertiary/aromatic N) is 2. The first-order chi connectivity index (χ1) is 7.08. The highest BCUT2D eigenvalue weighted by Gasteiger charge is 2.06. The van der Waals surface area contributed by atoms with Crippen molar-refractivity contribution in [3.05, 3.63) is 29.3 Å². The number of rotatable bonds is 1. The first-order valence-corrected chi connectivity index (χ1v) is 4.80. The Labute approximate surface area is 92.4 Å².